The highest BCUT2D eigenvalue weighted by Gasteiger charge is 2.41. The summed E-state index contributed by atoms with van der Waals surface area (Å²) in [5.41, 5.74) is 0.399. The van der Waals surface area contributed by atoms with Crippen molar-refractivity contribution in [1.82, 2.24) is 5.32 Å². The fraction of sp³-hybridized carbons (Fsp3) is 1.00. The lowest BCUT2D eigenvalue weighted by Gasteiger charge is -2.23. The molecule has 2 unspecified atom stereocenters. The van der Waals surface area contributed by atoms with Gasteiger partial charge in [0.05, 0.1) is 6.10 Å². The summed E-state index contributed by atoms with van der Waals surface area (Å²) < 4.78 is 5.25. The van der Waals surface area contributed by atoms with E-state index in [0.29, 0.717) is 18.1 Å². The van der Waals surface area contributed by atoms with Crippen molar-refractivity contribution in [2.75, 3.05) is 20.3 Å². The standard InChI is InChI=1S/C11H23NO2/c1-9(10(2)14-3)12-8-11(4-5-11)6-7-13/h9-10,12-13H,4-8H2,1-3H3. The van der Waals surface area contributed by atoms with Crippen LogP contribution in [0.15, 0.2) is 0 Å². The Balaban J connectivity index is 2.19. The summed E-state index contributed by atoms with van der Waals surface area (Å²) in [5, 5.41) is 12.4. The molecule has 0 bridgehead atoms. The maximum absolute atomic E-state index is 8.91. The molecule has 14 heavy (non-hydrogen) atoms. The van der Waals surface area contributed by atoms with Crippen LogP contribution in [0.25, 0.3) is 0 Å². The van der Waals surface area contributed by atoms with E-state index in [1.165, 1.54) is 12.8 Å². The predicted molar refractivity (Wildman–Crippen MR) is 57.3 cm³/mol. The van der Waals surface area contributed by atoms with Gasteiger partial charge in [-0.1, -0.05) is 0 Å². The minimum absolute atomic E-state index is 0.250. The summed E-state index contributed by atoms with van der Waals surface area (Å²) in [6, 6.07) is 0.385. The van der Waals surface area contributed by atoms with Gasteiger partial charge in [0.25, 0.3) is 0 Å². The molecule has 1 fully saturated rings. The minimum Gasteiger partial charge on any atom is -0.396 e. The predicted octanol–water partition coefficient (Wildman–Crippen LogP) is 1.16. The summed E-state index contributed by atoms with van der Waals surface area (Å²) in [5.74, 6) is 0. The van der Waals surface area contributed by atoms with Crippen LogP contribution in [0, 0.1) is 5.41 Å². The quantitative estimate of drug-likeness (QED) is 0.649. The molecule has 84 valence electrons. The molecule has 0 aromatic heterocycles. The molecule has 2 N–H and O–H groups in total. The van der Waals surface area contributed by atoms with Crippen LogP contribution in [0.4, 0.5) is 0 Å². The Morgan fingerprint density at radius 2 is 2.07 bits per heavy atom. The Morgan fingerprint density at radius 1 is 1.43 bits per heavy atom. The Hall–Kier alpha value is -0.120. The number of rotatable bonds is 7. The molecular weight excluding hydrogens is 178 g/mol. The maximum Gasteiger partial charge on any atom is 0.0693 e. The third-order valence-corrected chi connectivity index (χ3v) is 3.47. The molecule has 0 aromatic rings. The monoisotopic (exact) mass is 201 g/mol. The van der Waals surface area contributed by atoms with Crippen molar-refractivity contribution in [2.45, 2.75) is 45.3 Å². The Bertz CT molecular complexity index is 169. The van der Waals surface area contributed by atoms with Gasteiger partial charge in [-0.25, -0.2) is 0 Å². The van der Waals surface area contributed by atoms with E-state index >= 15 is 0 Å². The zero-order valence-corrected chi connectivity index (χ0v) is 9.55. The van der Waals surface area contributed by atoms with E-state index in [1.807, 2.05) is 0 Å². The summed E-state index contributed by atoms with van der Waals surface area (Å²) in [6.07, 6.45) is 3.71. The fourth-order valence-electron chi connectivity index (χ4n) is 1.68. The van der Waals surface area contributed by atoms with E-state index < -0.39 is 0 Å². The van der Waals surface area contributed by atoms with Crippen LogP contribution < -0.4 is 5.32 Å². The second-order valence-electron chi connectivity index (χ2n) is 4.58. The van der Waals surface area contributed by atoms with Crippen molar-refractivity contribution in [3.8, 4) is 0 Å². The molecule has 0 heterocycles. The Labute approximate surface area is 86.8 Å². The number of hydrogen-bond acceptors (Lipinski definition) is 3. The molecule has 1 saturated carbocycles. The van der Waals surface area contributed by atoms with Gasteiger partial charge >= 0.3 is 0 Å². The molecule has 0 aliphatic heterocycles. The van der Waals surface area contributed by atoms with Crippen molar-refractivity contribution in [3.63, 3.8) is 0 Å². The van der Waals surface area contributed by atoms with Crippen molar-refractivity contribution in [3.05, 3.63) is 0 Å². The largest absolute Gasteiger partial charge is 0.396 e. The van der Waals surface area contributed by atoms with Gasteiger partial charge < -0.3 is 15.2 Å². The van der Waals surface area contributed by atoms with Crippen LogP contribution in [0.2, 0.25) is 0 Å². The number of nitrogens with one attached hydrogen (secondary N) is 1. The van der Waals surface area contributed by atoms with E-state index in [4.69, 9.17) is 9.84 Å². The Kier molecular flexibility index (Phi) is 4.35. The minimum atomic E-state index is 0.250. The normalized spacial score (nSPS) is 23.1. The number of aliphatic hydroxyl groups excluding tert-OH is 1. The average molecular weight is 201 g/mol. The molecule has 3 heteroatoms. The van der Waals surface area contributed by atoms with Gasteiger partial charge in [-0.2, -0.15) is 0 Å². The first-order valence-corrected chi connectivity index (χ1v) is 5.50. The van der Waals surface area contributed by atoms with Gasteiger partial charge in [-0.15, -0.1) is 0 Å². The van der Waals surface area contributed by atoms with E-state index in [1.54, 1.807) is 7.11 Å². The maximum atomic E-state index is 8.91. The van der Waals surface area contributed by atoms with E-state index in [2.05, 4.69) is 19.2 Å². The molecule has 1 aliphatic carbocycles. The first-order chi connectivity index (χ1) is 6.63. The summed E-state index contributed by atoms with van der Waals surface area (Å²) >= 11 is 0. The van der Waals surface area contributed by atoms with Crippen molar-refractivity contribution in [2.24, 2.45) is 5.41 Å². The number of hydrogen-bond donors (Lipinski definition) is 2. The lowest BCUT2D eigenvalue weighted by molar-refractivity contribution is 0.0859. The zero-order valence-electron chi connectivity index (χ0n) is 9.55. The van der Waals surface area contributed by atoms with Crippen LogP contribution in [-0.4, -0.2) is 37.5 Å². The second-order valence-corrected chi connectivity index (χ2v) is 4.58. The summed E-state index contributed by atoms with van der Waals surface area (Å²) in [6.45, 7) is 5.55. The molecule has 1 rings (SSSR count). The Morgan fingerprint density at radius 3 is 2.50 bits per heavy atom. The highest BCUT2D eigenvalue weighted by Crippen LogP contribution is 2.47. The van der Waals surface area contributed by atoms with Gasteiger partial charge in [0.15, 0.2) is 0 Å². The lowest BCUT2D eigenvalue weighted by atomic mass is 10.0. The molecule has 3 nitrogen and oxygen atoms in total. The number of aliphatic hydroxyl groups is 1. The van der Waals surface area contributed by atoms with Crippen molar-refractivity contribution < 1.29 is 9.84 Å². The van der Waals surface area contributed by atoms with Crippen LogP contribution in [-0.2, 0) is 4.74 Å². The molecular formula is C11H23NO2. The van der Waals surface area contributed by atoms with Gasteiger partial charge in [0.2, 0.25) is 0 Å². The third kappa shape index (κ3) is 3.23. The third-order valence-electron chi connectivity index (χ3n) is 3.47. The highest BCUT2D eigenvalue weighted by atomic mass is 16.5. The van der Waals surface area contributed by atoms with Gasteiger partial charge in [-0.05, 0) is 38.5 Å². The summed E-state index contributed by atoms with van der Waals surface area (Å²) in [4.78, 5) is 0. The summed E-state index contributed by atoms with van der Waals surface area (Å²) in [7, 11) is 1.74. The smallest absolute Gasteiger partial charge is 0.0693 e. The first kappa shape index (κ1) is 12.0. The average Bonchev–Trinajstić information content (AvgIpc) is 2.94. The molecule has 0 aromatic carbocycles. The van der Waals surface area contributed by atoms with E-state index in [9.17, 15) is 0 Å². The first-order valence-electron chi connectivity index (χ1n) is 5.50. The van der Waals surface area contributed by atoms with Crippen LogP contribution in [0.1, 0.15) is 33.1 Å². The van der Waals surface area contributed by atoms with E-state index in [0.717, 1.165) is 13.0 Å². The SMILES string of the molecule is COC(C)C(C)NCC1(CCO)CC1. The molecule has 0 amide bonds. The van der Waals surface area contributed by atoms with Crippen molar-refractivity contribution in [1.29, 1.82) is 0 Å². The van der Waals surface area contributed by atoms with E-state index in [-0.39, 0.29) is 6.10 Å². The molecule has 0 spiro atoms. The van der Waals surface area contributed by atoms with Crippen molar-refractivity contribution >= 4 is 0 Å². The lowest BCUT2D eigenvalue weighted by Crippen LogP contribution is -2.40. The molecule has 0 saturated heterocycles. The molecule has 0 radical (unpaired) electrons. The van der Waals surface area contributed by atoms with Crippen LogP contribution >= 0.6 is 0 Å². The zero-order chi connectivity index (χ0) is 10.6. The number of methoxy groups -OCH3 is 1. The fourth-order valence-corrected chi connectivity index (χ4v) is 1.68. The number of ether oxygens (including phenoxy) is 1. The molecule has 2 atom stereocenters. The van der Waals surface area contributed by atoms with Gasteiger partial charge in [-0.3, -0.25) is 0 Å². The second kappa shape index (κ2) is 5.10. The van der Waals surface area contributed by atoms with Gasteiger partial charge in [0, 0.05) is 26.3 Å². The van der Waals surface area contributed by atoms with Crippen LogP contribution in [0.3, 0.4) is 0 Å². The molecule has 1 aliphatic rings. The van der Waals surface area contributed by atoms with Crippen LogP contribution in [0.5, 0.6) is 0 Å². The topological polar surface area (TPSA) is 41.5 Å². The van der Waals surface area contributed by atoms with Gasteiger partial charge in [0.1, 0.15) is 0 Å². The highest BCUT2D eigenvalue weighted by molar-refractivity contribution is 4.95.